The first-order chi connectivity index (χ1) is 8.42. The fourth-order valence-electron chi connectivity index (χ4n) is 3.23. The Balaban J connectivity index is 0.000001000. The van der Waals surface area contributed by atoms with E-state index in [-0.39, 0.29) is 12.4 Å². The van der Waals surface area contributed by atoms with Crippen molar-refractivity contribution in [2.75, 3.05) is 13.1 Å². The van der Waals surface area contributed by atoms with E-state index in [2.05, 4.69) is 41.0 Å². The Labute approximate surface area is 117 Å². The monoisotopic (exact) mass is 277 g/mol. The van der Waals surface area contributed by atoms with Crippen LogP contribution in [0.1, 0.15) is 12.0 Å². The van der Waals surface area contributed by atoms with Gasteiger partial charge in [-0.25, -0.2) is 0 Å². The summed E-state index contributed by atoms with van der Waals surface area (Å²) in [6, 6.07) is 8.92. The smallest absolute Gasteiger partial charge is 0.0417 e. The number of nitrogens with one attached hydrogen (secondary N) is 1. The number of fused-ring (bicyclic) bond motifs is 2. The van der Waals surface area contributed by atoms with Crippen LogP contribution in [0.15, 0.2) is 35.7 Å². The fourth-order valence-corrected chi connectivity index (χ4v) is 4.18. The predicted octanol–water partition coefficient (Wildman–Crippen LogP) is 3.95. The average Bonchev–Trinajstić information content (AvgIpc) is 3.02. The van der Waals surface area contributed by atoms with Crippen LogP contribution in [-0.4, -0.2) is 13.1 Å². The number of thiophene rings is 1. The van der Waals surface area contributed by atoms with E-state index in [9.17, 15) is 0 Å². The van der Waals surface area contributed by atoms with Gasteiger partial charge >= 0.3 is 0 Å². The van der Waals surface area contributed by atoms with Gasteiger partial charge in [0.1, 0.15) is 0 Å². The highest BCUT2D eigenvalue weighted by Gasteiger charge is 2.32. The molecule has 94 valence electrons. The molecule has 0 bridgehead atoms. The van der Waals surface area contributed by atoms with Crippen molar-refractivity contribution in [1.82, 2.24) is 5.32 Å². The van der Waals surface area contributed by atoms with Gasteiger partial charge in [0.25, 0.3) is 0 Å². The minimum atomic E-state index is 0. The Morgan fingerprint density at radius 3 is 3.00 bits per heavy atom. The third-order valence-electron chi connectivity index (χ3n) is 4.11. The number of rotatable bonds is 1. The largest absolute Gasteiger partial charge is 0.316 e. The summed E-state index contributed by atoms with van der Waals surface area (Å²) in [5.41, 5.74) is 3.06. The van der Waals surface area contributed by atoms with Crippen molar-refractivity contribution < 1.29 is 0 Å². The predicted molar refractivity (Wildman–Crippen MR) is 81.5 cm³/mol. The van der Waals surface area contributed by atoms with Crippen LogP contribution in [0.4, 0.5) is 0 Å². The van der Waals surface area contributed by atoms with E-state index < -0.39 is 0 Å². The molecule has 2 aliphatic rings. The Morgan fingerprint density at radius 1 is 1.17 bits per heavy atom. The molecule has 18 heavy (non-hydrogen) atoms. The summed E-state index contributed by atoms with van der Waals surface area (Å²) in [6.07, 6.45) is 3.77. The van der Waals surface area contributed by atoms with Crippen LogP contribution in [-0.2, 0) is 0 Å². The molecule has 0 saturated carbocycles. The second-order valence-electron chi connectivity index (χ2n) is 5.12. The van der Waals surface area contributed by atoms with Crippen molar-refractivity contribution in [3.63, 3.8) is 0 Å². The molecule has 1 aromatic heterocycles. The van der Waals surface area contributed by atoms with Gasteiger partial charge in [0.2, 0.25) is 0 Å². The standard InChI is InChI=1S/C15H15NS.ClH/c1-2-10-4-5-17-15(10)14(3-1)11-6-12-8-16-9-13(12)7-11;/h1-6,12-13,16H,7-9H2;1H. The zero-order valence-electron chi connectivity index (χ0n) is 10.1. The van der Waals surface area contributed by atoms with Crippen LogP contribution in [0.25, 0.3) is 15.7 Å². The van der Waals surface area contributed by atoms with E-state index in [1.807, 2.05) is 11.3 Å². The molecule has 1 aliphatic carbocycles. The van der Waals surface area contributed by atoms with Gasteiger partial charge in [0.05, 0.1) is 0 Å². The molecule has 0 amide bonds. The summed E-state index contributed by atoms with van der Waals surface area (Å²) in [5.74, 6) is 1.63. The van der Waals surface area contributed by atoms with Crippen LogP contribution >= 0.6 is 23.7 Å². The van der Waals surface area contributed by atoms with Crippen LogP contribution in [0.3, 0.4) is 0 Å². The normalized spacial score (nSPS) is 25.9. The van der Waals surface area contributed by atoms with E-state index in [0.717, 1.165) is 11.8 Å². The van der Waals surface area contributed by atoms with Gasteiger partial charge in [-0.05, 0) is 52.8 Å². The molecule has 1 aromatic carbocycles. The molecule has 1 aliphatic heterocycles. The molecule has 1 fully saturated rings. The maximum Gasteiger partial charge on any atom is 0.0417 e. The number of hydrogen-bond acceptors (Lipinski definition) is 2. The van der Waals surface area contributed by atoms with Gasteiger partial charge < -0.3 is 5.32 Å². The summed E-state index contributed by atoms with van der Waals surface area (Å²) in [5, 5.41) is 7.08. The lowest BCUT2D eigenvalue weighted by atomic mass is 9.98. The molecular formula is C15H16ClNS. The highest BCUT2D eigenvalue weighted by Crippen LogP contribution is 2.41. The molecule has 3 heteroatoms. The first-order valence-electron chi connectivity index (χ1n) is 6.30. The van der Waals surface area contributed by atoms with Crippen LogP contribution in [0.2, 0.25) is 0 Å². The van der Waals surface area contributed by atoms with Crippen LogP contribution < -0.4 is 5.32 Å². The van der Waals surface area contributed by atoms with Crippen molar-refractivity contribution in [2.24, 2.45) is 11.8 Å². The zero-order valence-corrected chi connectivity index (χ0v) is 11.7. The Bertz CT molecular complexity index is 601. The van der Waals surface area contributed by atoms with Gasteiger partial charge in [0.15, 0.2) is 0 Å². The average molecular weight is 278 g/mol. The molecule has 0 radical (unpaired) electrons. The number of hydrogen-bond donors (Lipinski definition) is 1. The highest BCUT2D eigenvalue weighted by atomic mass is 35.5. The molecule has 0 spiro atoms. The van der Waals surface area contributed by atoms with Crippen LogP contribution in [0, 0.1) is 11.8 Å². The molecule has 2 heterocycles. The third-order valence-corrected chi connectivity index (χ3v) is 5.08. The van der Waals surface area contributed by atoms with E-state index in [0.29, 0.717) is 0 Å². The Kier molecular flexibility index (Phi) is 3.18. The summed E-state index contributed by atoms with van der Waals surface area (Å²) in [6.45, 7) is 2.37. The Morgan fingerprint density at radius 2 is 2.11 bits per heavy atom. The summed E-state index contributed by atoms with van der Waals surface area (Å²) in [4.78, 5) is 0. The van der Waals surface area contributed by atoms with Crippen molar-refractivity contribution in [2.45, 2.75) is 6.42 Å². The maximum atomic E-state index is 3.49. The molecule has 2 aromatic rings. The molecule has 4 rings (SSSR count). The van der Waals surface area contributed by atoms with Crippen molar-refractivity contribution in [3.05, 3.63) is 41.3 Å². The SMILES string of the molecule is C1=C(c2cccc3ccsc23)CC2CNCC12.Cl. The molecular weight excluding hydrogens is 262 g/mol. The maximum absolute atomic E-state index is 3.49. The van der Waals surface area contributed by atoms with Gasteiger partial charge in [-0.2, -0.15) is 0 Å². The van der Waals surface area contributed by atoms with Crippen molar-refractivity contribution in [3.8, 4) is 0 Å². The zero-order chi connectivity index (χ0) is 11.2. The number of benzene rings is 1. The first kappa shape index (κ1) is 12.2. The molecule has 1 saturated heterocycles. The summed E-state index contributed by atoms with van der Waals surface area (Å²) < 4.78 is 1.46. The lowest BCUT2D eigenvalue weighted by Crippen LogP contribution is -2.09. The topological polar surface area (TPSA) is 12.0 Å². The van der Waals surface area contributed by atoms with Gasteiger partial charge in [0, 0.05) is 11.2 Å². The van der Waals surface area contributed by atoms with Crippen molar-refractivity contribution >= 4 is 39.4 Å². The van der Waals surface area contributed by atoms with E-state index in [1.54, 1.807) is 5.57 Å². The van der Waals surface area contributed by atoms with Gasteiger partial charge in [-0.3, -0.25) is 0 Å². The quantitative estimate of drug-likeness (QED) is 0.832. The molecule has 1 nitrogen and oxygen atoms in total. The fraction of sp³-hybridized carbons (Fsp3) is 0.333. The second-order valence-corrected chi connectivity index (χ2v) is 6.04. The summed E-state index contributed by atoms with van der Waals surface area (Å²) >= 11 is 1.87. The minimum absolute atomic E-state index is 0. The third kappa shape index (κ3) is 1.80. The molecule has 1 N–H and O–H groups in total. The highest BCUT2D eigenvalue weighted by molar-refractivity contribution is 7.17. The lowest BCUT2D eigenvalue weighted by molar-refractivity contribution is 0.536. The van der Waals surface area contributed by atoms with Crippen molar-refractivity contribution in [1.29, 1.82) is 0 Å². The summed E-state index contributed by atoms with van der Waals surface area (Å²) in [7, 11) is 0. The number of allylic oxidation sites excluding steroid dienone is 1. The molecule has 2 unspecified atom stereocenters. The second kappa shape index (κ2) is 4.69. The number of halogens is 1. The van der Waals surface area contributed by atoms with Crippen LogP contribution in [0.5, 0.6) is 0 Å². The minimum Gasteiger partial charge on any atom is -0.316 e. The first-order valence-corrected chi connectivity index (χ1v) is 7.18. The lowest BCUT2D eigenvalue weighted by Gasteiger charge is -2.07. The Hall–Kier alpha value is -0.830. The molecule has 2 atom stereocenters. The van der Waals surface area contributed by atoms with E-state index in [4.69, 9.17) is 0 Å². The van der Waals surface area contributed by atoms with E-state index >= 15 is 0 Å². The van der Waals surface area contributed by atoms with E-state index in [1.165, 1.54) is 35.2 Å². The van der Waals surface area contributed by atoms with Gasteiger partial charge in [-0.1, -0.05) is 24.3 Å². The van der Waals surface area contributed by atoms with Gasteiger partial charge in [-0.15, -0.1) is 23.7 Å².